The van der Waals surface area contributed by atoms with E-state index >= 15 is 0 Å². The first kappa shape index (κ1) is 19.6. The van der Waals surface area contributed by atoms with Crippen LogP contribution in [0.15, 0.2) is 77.9 Å². The van der Waals surface area contributed by atoms with E-state index in [2.05, 4.69) is 75.0 Å². The van der Waals surface area contributed by atoms with Crippen molar-refractivity contribution in [3.63, 3.8) is 0 Å². The molecule has 0 aromatic heterocycles. The monoisotopic (exact) mass is 394 g/mol. The van der Waals surface area contributed by atoms with Crippen LogP contribution >= 0.6 is 0 Å². The summed E-state index contributed by atoms with van der Waals surface area (Å²) in [6, 6.07) is 16.4. The van der Waals surface area contributed by atoms with Crippen LogP contribution < -0.4 is 0 Å². The molecule has 154 valence electrons. The van der Waals surface area contributed by atoms with E-state index in [-0.39, 0.29) is 0 Å². The van der Waals surface area contributed by atoms with Crippen molar-refractivity contribution in [1.82, 2.24) is 0 Å². The van der Waals surface area contributed by atoms with Crippen LogP contribution in [0.5, 0.6) is 0 Å². The molecule has 0 N–H and O–H groups in total. The fraction of sp³-hybridized carbons (Fsp3) is 0.400. The summed E-state index contributed by atoms with van der Waals surface area (Å²) in [6.45, 7) is 9.10. The maximum atomic E-state index is 4.52. The molecule has 0 amide bonds. The molecule has 3 aliphatic rings. The number of hydrogen-bond acceptors (Lipinski definition) is 0. The van der Waals surface area contributed by atoms with Crippen LogP contribution in [0.2, 0.25) is 0 Å². The van der Waals surface area contributed by atoms with E-state index in [1.807, 2.05) is 0 Å². The Bertz CT molecular complexity index is 1030. The number of hydrogen-bond donors (Lipinski definition) is 0. The SMILES string of the molecule is C=C(C1=C(C)CC=C1)C1CCC(c2ccc(-c3ccccc3C3CC3)cc2CC)C1. The summed E-state index contributed by atoms with van der Waals surface area (Å²) in [5, 5.41) is 0. The largest absolute Gasteiger partial charge is 0.0950 e. The van der Waals surface area contributed by atoms with E-state index in [0.717, 1.165) is 18.8 Å². The lowest BCUT2D eigenvalue weighted by Gasteiger charge is -2.19. The Hall–Kier alpha value is -2.34. The molecular weight excluding hydrogens is 360 g/mol. The average Bonchev–Trinajstić information content (AvgIpc) is 3.35. The third-order valence-electron chi connectivity index (χ3n) is 7.69. The lowest BCUT2D eigenvalue weighted by Crippen LogP contribution is -2.03. The molecule has 2 aromatic carbocycles. The first-order valence-electron chi connectivity index (χ1n) is 11.9. The third kappa shape index (κ3) is 3.62. The molecule has 30 heavy (non-hydrogen) atoms. The number of allylic oxidation sites excluding steroid dienone is 5. The van der Waals surface area contributed by atoms with Crippen LogP contribution in [0.25, 0.3) is 11.1 Å². The highest BCUT2D eigenvalue weighted by molar-refractivity contribution is 5.70. The predicted molar refractivity (Wildman–Crippen MR) is 129 cm³/mol. The first-order chi connectivity index (χ1) is 14.7. The molecule has 2 atom stereocenters. The minimum Gasteiger partial charge on any atom is -0.0950 e. The molecule has 5 rings (SSSR count). The van der Waals surface area contributed by atoms with E-state index < -0.39 is 0 Å². The third-order valence-corrected chi connectivity index (χ3v) is 7.69. The van der Waals surface area contributed by atoms with Gasteiger partial charge in [0.1, 0.15) is 0 Å². The quantitative estimate of drug-likeness (QED) is 0.460. The summed E-state index contributed by atoms with van der Waals surface area (Å²) in [7, 11) is 0. The van der Waals surface area contributed by atoms with Gasteiger partial charge in [-0.3, -0.25) is 0 Å². The molecule has 2 aromatic rings. The summed E-state index contributed by atoms with van der Waals surface area (Å²) >= 11 is 0. The van der Waals surface area contributed by atoms with Crippen LogP contribution in [0.1, 0.15) is 80.9 Å². The minimum absolute atomic E-state index is 0.641. The van der Waals surface area contributed by atoms with E-state index in [4.69, 9.17) is 0 Å². The summed E-state index contributed by atoms with van der Waals surface area (Å²) in [4.78, 5) is 0. The Kier molecular flexibility index (Phi) is 5.27. The van der Waals surface area contributed by atoms with Crippen molar-refractivity contribution in [3.8, 4) is 11.1 Å². The molecule has 0 heteroatoms. The van der Waals surface area contributed by atoms with Crippen molar-refractivity contribution in [3.05, 3.63) is 94.6 Å². The van der Waals surface area contributed by atoms with Crippen molar-refractivity contribution < 1.29 is 0 Å². The van der Waals surface area contributed by atoms with Crippen molar-refractivity contribution in [2.75, 3.05) is 0 Å². The van der Waals surface area contributed by atoms with Crippen LogP contribution in [0, 0.1) is 5.92 Å². The smallest absolute Gasteiger partial charge is 0.0129 e. The highest BCUT2D eigenvalue weighted by Gasteiger charge is 2.31. The molecule has 2 unspecified atom stereocenters. The van der Waals surface area contributed by atoms with Crippen LogP contribution in [0.3, 0.4) is 0 Å². The molecule has 0 radical (unpaired) electrons. The van der Waals surface area contributed by atoms with Crippen LogP contribution in [-0.4, -0.2) is 0 Å². The minimum atomic E-state index is 0.641. The van der Waals surface area contributed by atoms with Gasteiger partial charge in [0.2, 0.25) is 0 Å². The number of rotatable bonds is 6. The van der Waals surface area contributed by atoms with Crippen molar-refractivity contribution in [2.24, 2.45) is 5.92 Å². The molecule has 0 bridgehead atoms. The zero-order valence-electron chi connectivity index (χ0n) is 18.6. The highest BCUT2D eigenvalue weighted by Crippen LogP contribution is 2.47. The first-order valence-corrected chi connectivity index (χ1v) is 11.9. The summed E-state index contributed by atoms with van der Waals surface area (Å²) in [5.41, 5.74) is 11.9. The van der Waals surface area contributed by atoms with Gasteiger partial charge in [0.05, 0.1) is 0 Å². The fourth-order valence-corrected chi connectivity index (χ4v) is 5.78. The zero-order valence-corrected chi connectivity index (χ0v) is 18.6. The maximum absolute atomic E-state index is 4.52. The van der Waals surface area contributed by atoms with Gasteiger partial charge < -0.3 is 0 Å². The van der Waals surface area contributed by atoms with E-state index in [0.29, 0.717) is 11.8 Å². The maximum Gasteiger partial charge on any atom is -0.0129 e. The highest BCUT2D eigenvalue weighted by atomic mass is 14.4. The molecule has 3 aliphatic carbocycles. The molecule has 0 nitrogen and oxygen atoms in total. The van der Waals surface area contributed by atoms with Crippen molar-refractivity contribution in [2.45, 2.75) is 70.6 Å². The average molecular weight is 395 g/mol. The fourth-order valence-electron chi connectivity index (χ4n) is 5.78. The van der Waals surface area contributed by atoms with Gasteiger partial charge in [-0.1, -0.05) is 73.7 Å². The van der Waals surface area contributed by atoms with Crippen LogP contribution in [-0.2, 0) is 6.42 Å². The summed E-state index contributed by atoms with van der Waals surface area (Å²) < 4.78 is 0. The second-order valence-electron chi connectivity index (χ2n) is 9.66. The van der Waals surface area contributed by atoms with Gasteiger partial charge in [0.25, 0.3) is 0 Å². The Morgan fingerprint density at radius 2 is 1.77 bits per heavy atom. The molecular formula is C30H34. The number of aryl methyl sites for hydroxylation is 1. The van der Waals surface area contributed by atoms with Crippen molar-refractivity contribution in [1.29, 1.82) is 0 Å². The molecule has 0 aliphatic heterocycles. The molecule has 0 spiro atoms. The molecule has 2 fully saturated rings. The number of benzene rings is 2. The zero-order chi connectivity index (χ0) is 20.7. The summed E-state index contributed by atoms with van der Waals surface area (Å²) in [6.07, 6.45) is 13.4. The van der Waals surface area contributed by atoms with Gasteiger partial charge in [-0.25, -0.2) is 0 Å². The lowest BCUT2D eigenvalue weighted by molar-refractivity contribution is 0.631. The second kappa shape index (κ2) is 8.06. The van der Waals surface area contributed by atoms with Crippen molar-refractivity contribution >= 4 is 0 Å². The Balaban J connectivity index is 1.39. The van der Waals surface area contributed by atoms with E-state index in [1.54, 1.807) is 16.7 Å². The van der Waals surface area contributed by atoms with E-state index in [9.17, 15) is 0 Å². The molecule has 0 heterocycles. The predicted octanol–water partition coefficient (Wildman–Crippen LogP) is 8.51. The van der Waals surface area contributed by atoms with Gasteiger partial charge in [-0.2, -0.15) is 0 Å². The topological polar surface area (TPSA) is 0 Å². The summed E-state index contributed by atoms with van der Waals surface area (Å²) in [5.74, 6) is 2.11. The second-order valence-corrected chi connectivity index (χ2v) is 9.66. The standard InChI is InChI=1S/C30H34/c1-4-22-18-26(30-10-6-5-9-29(30)23-12-13-23)16-17-28(22)25-15-14-24(19-25)21(3)27-11-7-8-20(27)2/h5-7,9-11,16-18,23-25H,3-4,8,12-15,19H2,1-2H3. The Morgan fingerprint density at radius 3 is 2.50 bits per heavy atom. The van der Waals surface area contributed by atoms with Gasteiger partial charge in [0.15, 0.2) is 0 Å². The van der Waals surface area contributed by atoms with Gasteiger partial charge in [0, 0.05) is 0 Å². The molecule has 0 saturated heterocycles. The lowest BCUT2D eigenvalue weighted by atomic mass is 9.86. The Morgan fingerprint density at radius 1 is 0.967 bits per heavy atom. The van der Waals surface area contributed by atoms with Gasteiger partial charge in [-0.15, -0.1) is 0 Å². The normalized spacial score (nSPS) is 23.4. The Labute approximate surface area is 182 Å². The van der Waals surface area contributed by atoms with Gasteiger partial charge >= 0.3 is 0 Å². The van der Waals surface area contributed by atoms with Gasteiger partial charge in [-0.05, 0) is 109 Å². The molecule has 2 saturated carbocycles. The van der Waals surface area contributed by atoms with Crippen LogP contribution in [0.4, 0.5) is 0 Å². The van der Waals surface area contributed by atoms with E-state index in [1.165, 1.54) is 60.0 Å².